The Morgan fingerprint density at radius 3 is 1.69 bits per heavy atom. The topological polar surface area (TPSA) is 107 Å². The van der Waals surface area contributed by atoms with Gasteiger partial charge in [-0.05, 0) is 6.42 Å². The van der Waals surface area contributed by atoms with Crippen molar-refractivity contribution in [2.24, 2.45) is 0 Å². The Labute approximate surface area is 176 Å². The summed E-state index contributed by atoms with van der Waals surface area (Å²) in [7, 11) is 0. The summed E-state index contributed by atoms with van der Waals surface area (Å²) in [5.74, 6) is -2.30. The molecule has 1 aliphatic heterocycles. The zero-order valence-electron chi connectivity index (χ0n) is 18.4. The van der Waals surface area contributed by atoms with Crippen LogP contribution < -0.4 is 0 Å². The van der Waals surface area contributed by atoms with E-state index in [-0.39, 0.29) is 12.2 Å². The molecule has 172 valence electrons. The maximum atomic E-state index is 12.1. The fraction of sp³-hybridized carbons (Fsp3) is 0.957. The molecule has 1 rings (SSSR count). The summed E-state index contributed by atoms with van der Waals surface area (Å²) >= 11 is 0. The van der Waals surface area contributed by atoms with Crippen LogP contribution in [0.1, 0.15) is 110 Å². The summed E-state index contributed by atoms with van der Waals surface area (Å²) in [5, 5.41) is 38.9. The molecule has 0 bridgehead atoms. The quantitative estimate of drug-likeness (QED) is 0.254. The molecular formula is C23H44O6. The molecule has 0 unspecified atom stereocenters. The average Bonchev–Trinajstić information content (AvgIpc) is 2.91. The molecule has 6 heteroatoms. The highest BCUT2D eigenvalue weighted by Crippen LogP contribution is 2.32. The van der Waals surface area contributed by atoms with Crippen molar-refractivity contribution >= 4 is 5.78 Å². The van der Waals surface area contributed by atoms with Gasteiger partial charge in [0, 0.05) is 6.42 Å². The Bertz CT molecular complexity index is 430. The van der Waals surface area contributed by atoms with E-state index in [0.29, 0.717) is 6.42 Å². The molecule has 1 fully saturated rings. The van der Waals surface area contributed by atoms with Crippen LogP contribution in [0.2, 0.25) is 0 Å². The second-order valence-corrected chi connectivity index (χ2v) is 8.68. The molecule has 0 amide bonds. The number of aliphatic hydroxyl groups excluding tert-OH is 3. The lowest BCUT2D eigenvalue weighted by molar-refractivity contribution is -0.231. The first-order valence-electron chi connectivity index (χ1n) is 11.8. The van der Waals surface area contributed by atoms with Crippen molar-refractivity contribution in [3.63, 3.8) is 0 Å². The first-order chi connectivity index (χ1) is 13.9. The van der Waals surface area contributed by atoms with Gasteiger partial charge in [-0.1, -0.05) is 90.4 Å². The third-order valence-electron chi connectivity index (χ3n) is 5.96. The van der Waals surface area contributed by atoms with E-state index in [0.717, 1.165) is 19.3 Å². The third kappa shape index (κ3) is 10.4. The van der Waals surface area contributed by atoms with Gasteiger partial charge in [0.05, 0.1) is 13.0 Å². The number of rotatable bonds is 18. The molecule has 1 heterocycles. The molecule has 1 aliphatic rings. The third-order valence-corrected chi connectivity index (χ3v) is 5.96. The van der Waals surface area contributed by atoms with Gasteiger partial charge < -0.3 is 25.2 Å². The lowest BCUT2D eigenvalue weighted by Gasteiger charge is -2.25. The summed E-state index contributed by atoms with van der Waals surface area (Å²) in [5.41, 5.74) is 0. The summed E-state index contributed by atoms with van der Waals surface area (Å²) < 4.78 is 5.10. The number of Topliss-reactive ketones (excluding diaryl/α,β-unsaturated/α-hetero) is 1. The zero-order chi connectivity index (χ0) is 21.5. The molecule has 0 aromatic heterocycles. The van der Waals surface area contributed by atoms with E-state index in [1.165, 1.54) is 70.6 Å². The molecule has 1 saturated heterocycles. The molecule has 4 N–H and O–H groups in total. The minimum atomic E-state index is -2.10. The highest BCUT2D eigenvalue weighted by Gasteiger charge is 2.53. The normalized spacial score (nSPS) is 26.9. The largest absolute Gasteiger partial charge is 0.394 e. The number of carbonyl (C=O) groups is 1. The van der Waals surface area contributed by atoms with Gasteiger partial charge in [-0.2, -0.15) is 0 Å². The Kier molecular flexibility index (Phi) is 14.0. The van der Waals surface area contributed by atoms with Crippen LogP contribution in [0, 0.1) is 0 Å². The molecule has 0 spiro atoms. The van der Waals surface area contributed by atoms with Gasteiger partial charge in [0.15, 0.2) is 0 Å². The molecule has 0 radical (unpaired) electrons. The van der Waals surface area contributed by atoms with Crippen molar-refractivity contribution in [3.05, 3.63) is 0 Å². The second kappa shape index (κ2) is 15.3. The first kappa shape index (κ1) is 26.5. The van der Waals surface area contributed by atoms with Crippen LogP contribution in [-0.2, 0) is 9.53 Å². The Hall–Kier alpha value is -0.530. The number of unbranched alkanes of at least 4 members (excludes halogenated alkanes) is 13. The number of carbonyl (C=O) groups excluding carboxylic acids is 1. The van der Waals surface area contributed by atoms with Crippen molar-refractivity contribution in [3.8, 4) is 0 Å². The average molecular weight is 417 g/mol. The molecular weight excluding hydrogens is 372 g/mol. The first-order valence-corrected chi connectivity index (χ1v) is 11.8. The van der Waals surface area contributed by atoms with Crippen LogP contribution in [0.25, 0.3) is 0 Å². The summed E-state index contributed by atoms with van der Waals surface area (Å²) in [4.78, 5) is 12.1. The maximum absolute atomic E-state index is 12.1. The van der Waals surface area contributed by atoms with E-state index in [1.807, 2.05) is 0 Å². The lowest BCUT2D eigenvalue weighted by atomic mass is 9.97. The van der Waals surface area contributed by atoms with E-state index in [2.05, 4.69) is 6.92 Å². The molecule has 0 aromatic rings. The Morgan fingerprint density at radius 2 is 1.28 bits per heavy atom. The molecule has 4 atom stereocenters. The summed E-state index contributed by atoms with van der Waals surface area (Å²) in [6.07, 6.45) is 13.4. The number of aliphatic hydroxyl groups is 4. The van der Waals surface area contributed by atoms with E-state index in [1.54, 1.807) is 0 Å². The Morgan fingerprint density at radius 1 is 0.828 bits per heavy atom. The molecule has 6 nitrogen and oxygen atoms in total. The van der Waals surface area contributed by atoms with Crippen molar-refractivity contribution in [1.82, 2.24) is 0 Å². The Balaban J connectivity index is 1.95. The van der Waals surface area contributed by atoms with Gasteiger partial charge in [0.2, 0.25) is 5.79 Å². The van der Waals surface area contributed by atoms with E-state index in [4.69, 9.17) is 9.84 Å². The standard InChI is InChI=1S/C23H44O6/c1-2-3-4-5-6-7-8-9-10-11-12-13-14-15-16-19(25)17-23(28)22(27)21(26)20(18-24)29-23/h20-22,24,26-28H,2-18H2,1H3/t20-,21+,22-,23-/m1/s1. The number of ketones is 1. The highest BCUT2D eigenvalue weighted by atomic mass is 16.7. The van der Waals surface area contributed by atoms with E-state index in [9.17, 15) is 20.1 Å². The summed E-state index contributed by atoms with van der Waals surface area (Å²) in [6, 6.07) is 0. The van der Waals surface area contributed by atoms with E-state index >= 15 is 0 Å². The van der Waals surface area contributed by atoms with Crippen LogP contribution >= 0.6 is 0 Å². The minimum Gasteiger partial charge on any atom is -0.394 e. The van der Waals surface area contributed by atoms with Crippen molar-refractivity contribution < 1.29 is 30.0 Å². The van der Waals surface area contributed by atoms with Gasteiger partial charge in [-0.3, -0.25) is 4.79 Å². The lowest BCUT2D eigenvalue weighted by Crippen LogP contribution is -2.44. The van der Waals surface area contributed by atoms with Crippen molar-refractivity contribution in [1.29, 1.82) is 0 Å². The molecule has 0 saturated carbocycles. The summed E-state index contributed by atoms with van der Waals surface area (Å²) in [6.45, 7) is 1.73. The fourth-order valence-corrected chi connectivity index (χ4v) is 4.05. The number of hydrogen-bond donors (Lipinski definition) is 4. The maximum Gasteiger partial charge on any atom is 0.202 e. The van der Waals surface area contributed by atoms with Crippen molar-refractivity contribution in [2.75, 3.05) is 6.61 Å². The molecule has 0 aliphatic carbocycles. The van der Waals surface area contributed by atoms with Gasteiger partial charge in [0.1, 0.15) is 24.1 Å². The van der Waals surface area contributed by atoms with Crippen LogP contribution in [0.5, 0.6) is 0 Å². The SMILES string of the molecule is CCCCCCCCCCCCCCCCC(=O)C[C@@]1(O)O[C@H](CO)[C@H](O)[C@H]1O. The predicted octanol–water partition coefficient (Wildman–Crippen LogP) is 3.62. The fourth-order valence-electron chi connectivity index (χ4n) is 4.05. The zero-order valence-corrected chi connectivity index (χ0v) is 18.4. The van der Waals surface area contributed by atoms with Crippen LogP contribution in [0.3, 0.4) is 0 Å². The number of hydrogen-bond acceptors (Lipinski definition) is 6. The number of ether oxygens (including phenoxy) is 1. The van der Waals surface area contributed by atoms with Crippen LogP contribution in [-0.4, -0.2) is 56.9 Å². The monoisotopic (exact) mass is 416 g/mol. The van der Waals surface area contributed by atoms with Gasteiger partial charge in [0.25, 0.3) is 0 Å². The van der Waals surface area contributed by atoms with Gasteiger partial charge in [-0.25, -0.2) is 0 Å². The van der Waals surface area contributed by atoms with Crippen LogP contribution in [0.15, 0.2) is 0 Å². The highest BCUT2D eigenvalue weighted by molar-refractivity contribution is 5.79. The molecule has 29 heavy (non-hydrogen) atoms. The van der Waals surface area contributed by atoms with E-state index < -0.39 is 30.7 Å². The van der Waals surface area contributed by atoms with Gasteiger partial charge in [-0.15, -0.1) is 0 Å². The van der Waals surface area contributed by atoms with Crippen LogP contribution in [0.4, 0.5) is 0 Å². The minimum absolute atomic E-state index is 0.198. The van der Waals surface area contributed by atoms with Crippen molar-refractivity contribution in [2.45, 2.75) is 134 Å². The molecule has 0 aromatic carbocycles. The smallest absolute Gasteiger partial charge is 0.202 e. The predicted molar refractivity (Wildman–Crippen MR) is 113 cm³/mol. The van der Waals surface area contributed by atoms with Gasteiger partial charge >= 0.3 is 0 Å². The second-order valence-electron chi connectivity index (χ2n) is 8.68.